The minimum absolute atomic E-state index is 0.544. The van der Waals surface area contributed by atoms with E-state index in [1.54, 1.807) is 5.01 Å². The zero-order valence-electron chi connectivity index (χ0n) is 13.4. The topological polar surface area (TPSA) is 24.8 Å². The number of hydrogen-bond acceptors (Lipinski definition) is 3. The predicted molar refractivity (Wildman–Crippen MR) is 96.0 cm³/mol. The molecule has 0 saturated heterocycles. The quantitative estimate of drug-likeness (QED) is 0.518. The molecule has 0 atom stereocenters. The zero-order valence-corrected chi connectivity index (χ0v) is 13.4. The Morgan fingerprint density at radius 1 is 0.913 bits per heavy atom. The Morgan fingerprint density at radius 2 is 1.65 bits per heavy atom. The first kappa shape index (κ1) is 15.1. The molecule has 3 rings (SSSR count). The first-order valence-electron chi connectivity index (χ1n) is 7.64. The molecule has 0 unspecified atom stereocenters. The van der Waals surface area contributed by atoms with Crippen LogP contribution in [0.15, 0.2) is 71.8 Å². The molecule has 0 aliphatic carbocycles. The Hall–Kier alpha value is -2.81. The van der Waals surface area contributed by atoms with Crippen molar-refractivity contribution in [1.82, 2.24) is 5.01 Å². The molecule has 116 valence electrons. The van der Waals surface area contributed by atoms with Crippen LogP contribution in [0.1, 0.15) is 11.1 Å². The fourth-order valence-electron chi connectivity index (χ4n) is 2.44. The lowest BCUT2D eigenvalue weighted by molar-refractivity contribution is 0.306. The summed E-state index contributed by atoms with van der Waals surface area (Å²) < 4.78 is 6.05. The van der Waals surface area contributed by atoms with Gasteiger partial charge in [0.1, 0.15) is 12.4 Å². The number of hydrazone groups is 1. The fourth-order valence-corrected chi connectivity index (χ4v) is 2.44. The van der Waals surface area contributed by atoms with E-state index in [4.69, 9.17) is 4.74 Å². The smallest absolute Gasteiger partial charge is 0.129 e. The highest BCUT2D eigenvalue weighted by Gasteiger charge is 2.07. The molecule has 3 aromatic carbocycles. The van der Waals surface area contributed by atoms with Crippen LogP contribution in [0.5, 0.6) is 5.75 Å². The molecule has 3 nitrogen and oxygen atoms in total. The van der Waals surface area contributed by atoms with Gasteiger partial charge in [0.25, 0.3) is 0 Å². The summed E-state index contributed by atoms with van der Waals surface area (Å²) in [6.45, 7) is 0.544. The number of rotatable bonds is 5. The van der Waals surface area contributed by atoms with Gasteiger partial charge < -0.3 is 9.75 Å². The summed E-state index contributed by atoms with van der Waals surface area (Å²) in [7, 11) is 3.82. The van der Waals surface area contributed by atoms with Gasteiger partial charge >= 0.3 is 0 Å². The lowest BCUT2D eigenvalue weighted by atomic mass is 10.0. The Kier molecular flexibility index (Phi) is 4.57. The lowest BCUT2D eigenvalue weighted by Crippen LogP contribution is -2.04. The highest BCUT2D eigenvalue weighted by molar-refractivity contribution is 6.02. The Bertz CT molecular complexity index is 810. The monoisotopic (exact) mass is 304 g/mol. The van der Waals surface area contributed by atoms with E-state index in [0.717, 1.165) is 22.3 Å². The van der Waals surface area contributed by atoms with Crippen LogP contribution in [-0.2, 0) is 6.61 Å². The average molecular weight is 304 g/mol. The van der Waals surface area contributed by atoms with Gasteiger partial charge in [0.2, 0.25) is 0 Å². The van der Waals surface area contributed by atoms with Gasteiger partial charge in [-0.3, -0.25) is 0 Å². The maximum atomic E-state index is 6.05. The Morgan fingerprint density at radius 3 is 2.43 bits per heavy atom. The molecule has 3 heteroatoms. The second-order valence-electron chi connectivity index (χ2n) is 5.56. The van der Waals surface area contributed by atoms with E-state index < -0.39 is 0 Å². The van der Waals surface area contributed by atoms with Crippen LogP contribution < -0.4 is 4.74 Å². The van der Waals surface area contributed by atoms with Crippen LogP contribution in [0.2, 0.25) is 0 Å². The summed E-state index contributed by atoms with van der Waals surface area (Å²) in [6.07, 6.45) is 1.86. The summed E-state index contributed by atoms with van der Waals surface area (Å²) in [4.78, 5) is 0. The van der Waals surface area contributed by atoms with E-state index in [0.29, 0.717) is 6.61 Å². The number of hydrogen-bond donors (Lipinski definition) is 0. The van der Waals surface area contributed by atoms with Crippen molar-refractivity contribution in [3.05, 3.63) is 77.9 Å². The third-order valence-corrected chi connectivity index (χ3v) is 3.59. The molecule has 0 heterocycles. The number of ether oxygens (including phenoxy) is 1. The predicted octanol–water partition coefficient (Wildman–Crippen LogP) is 4.31. The minimum atomic E-state index is 0.544. The third kappa shape index (κ3) is 3.69. The van der Waals surface area contributed by atoms with Gasteiger partial charge in [0.15, 0.2) is 0 Å². The van der Waals surface area contributed by atoms with E-state index in [-0.39, 0.29) is 0 Å². The summed E-state index contributed by atoms with van der Waals surface area (Å²) in [5.41, 5.74) is 2.16. The molecule has 0 aliphatic heterocycles. The molecular formula is C20H20N2O. The summed E-state index contributed by atoms with van der Waals surface area (Å²) in [5.74, 6) is 0.846. The molecule has 0 N–H and O–H groups in total. The minimum Gasteiger partial charge on any atom is -0.488 e. The van der Waals surface area contributed by atoms with Crippen LogP contribution >= 0.6 is 0 Å². The second-order valence-corrected chi connectivity index (χ2v) is 5.56. The van der Waals surface area contributed by atoms with E-state index in [9.17, 15) is 0 Å². The normalized spacial score (nSPS) is 11.0. The summed E-state index contributed by atoms with van der Waals surface area (Å²) >= 11 is 0. The van der Waals surface area contributed by atoms with Crippen molar-refractivity contribution in [2.45, 2.75) is 6.61 Å². The van der Waals surface area contributed by atoms with Gasteiger partial charge in [0, 0.05) is 19.7 Å². The average Bonchev–Trinajstić information content (AvgIpc) is 2.59. The van der Waals surface area contributed by atoms with Crippen molar-refractivity contribution in [3.8, 4) is 5.75 Å². The third-order valence-electron chi connectivity index (χ3n) is 3.59. The van der Waals surface area contributed by atoms with Crippen molar-refractivity contribution in [3.63, 3.8) is 0 Å². The zero-order chi connectivity index (χ0) is 16.1. The van der Waals surface area contributed by atoms with Crippen LogP contribution in [0.4, 0.5) is 0 Å². The van der Waals surface area contributed by atoms with Crippen molar-refractivity contribution >= 4 is 17.0 Å². The van der Waals surface area contributed by atoms with Gasteiger partial charge in [-0.15, -0.1) is 0 Å². The maximum Gasteiger partial charge on any atom is 0.129 e. The first-order chi connectivity index (χ1) is 11.2. The summed E-state index contributed by atoms with van der Waals surface area (Å²) in [6, 6.07) is 22.6. The first-order valence-corrected chi connectivity index (χ1v) is 7.64. The molecular weight excluding hydrogens is 284 g/mol. The van der Waals surface area contributed by atoms with Crippen LogP contribution in [0, 0.1) is 0 Å². The molecule has 0 spiro atoms. The highest BCUT2D eigenvalue weighted by atomic mass is 16.5. The van der Waals surface area contributed by atoms with E-state index in [2.05, 4.69) is 35.4 Å². The molecule has 0 radical (unpaired) electrons. The van der Waals surface area contributed by atoms with Crippen molar-refractivity contribution < 1.29 is 4.74 Å². The van der Waals surface area contributed by atoms with Gasteiger partial charge in [-0.25, -0.2) is 0 Å². The summed E-state index contributed by atoms with van der Waals surface area (Å²) in [5, 5.41) is 8.49. The van der Waals surface area contributed by atoms with Gasteiger partial charge in [-0.05, 0) is 22.4 Å². The molecule has 0 fully saturated rings. The number of fused-ring (bicyclic) bond motifs is 1. The van der Waals surface area contributed by atoms with E-state index in [1.165, 1.54) is 5.39 Å². The number of benzene rings is 3. The standard InChI is InChI=1S/C20H20N2O/c1-22(2)21-14-19-18-11-7-6-10-17(18)12-13-20(19)23-15-16-8-4-3-5-9-16/h3-14H,15H2,1-2H3/b21-14-. The van der Waals surface area contributed by atoms with E-state index in [1.807, 2.05) is 56.7 Å². The van der Waals surface area contributed by atoms with E-state index >= 15 is 0 Å². The lowest BCUT2D eigenvalue weighted by Gasteiger charge is -2.12. The molecule has 0 bridgehead atoms. The van der Waals surface area contributed by atoms with Crippen molar-refractivity contribution in [1.29, 1.82) is 0 Å². The van der Waals surface area contributed by atoms with Crippen LogP contribution in [0.3, 0.4) is 0 Å². The molecule has 3 aromatic rings. The molecule has 23 heavy (non-hydrogen) atoms. The Balaban J connectivity index is 1.96. The molecule has 0 aromatic heterocycles. The van der Waals surface area contributed by atoms with Crippen LogP contribution in [0.25, 0.3) is 10.8 Å². The van der Waals surface area contributed by atoms with Crippen molar-refractivity contribution in [2.24, 2.45) is 5.10 Å². The van der Waals surface area contributed by atoms with Crippen molar-refractivity contribution in [2.75, 3.05) is 14.1 Å². The van der Waals surface area contributed by atoms with Gasteiger partial charge in [0.05, 0.1) is 6.21 Å². The van der Waals surface area contributed by atoms with Gasteiger partial charge in [-0.2, -0.15) is 5.10 Å². The SMILES string of the molecule is CN(C)/N=C\c1c(OCc2ccccc2)ccc2ccccc12. The highest BCUT2D eigenvalue weighted by Crippen LogP contribution is 2.27. The van der Waals surface area contributed by atoms with Gasteiger partial charge in [-0.1, -0.05) is 60.7 Å². The second kappa shape index (κ2) is 6.97. The maximum absolute atomic E-state index is 6.05. The Labute approximate surface area is 136 Å². The molecule has 0 amide bonds. The van der Waals surface area contributed by atoms with Crippen LogP contribution in [-0.4, -0.2) is 25.3 Å². The molecule has 0 aliphatic rings. The fraction of sp³-hybridized carbons (Fsp3) is 0.150. The number of nitrogens with zero attached hydrogens (tertiary/aromatic N) is 2. The largest absolute Gasteiger partial charge is 0.488 e. The molecule has 0 saturated carbocycles.